The number of benzene rings is 1. The summed E-state index contributed by atoms with van der Waals surface area (Å²) in [7, 11) is 0. The number of nitrogens with zero attached hydrogens (tertiary/aromatic N) is 2. The number of rotatable bonds is 3. The lowest BCUT2D eigenvalue weighted by Crippen LogP contribution is -2.44. The minimum absolute atomic E-state index is 0.0454. The van der Waals surface area contributed by atoms with E-state index < -0.39 is 5.41 Å². The van der Waals surface area contributed by atoms with Crippen molar-refractivity contribution in [2.24, 2.45) is 0 Å². The summed E-state index contributed by atoms with van der Waals surface area (Å²) in [4.78, 5) is 31.8. The van der Waals surface area contributed by atoms with Gasteiger partial charge < -0.3 is 15.2 Å². The van der Waals surface area contributed by atoms with E-state index in [1.807, 2.05) is 6.20 Å². The van der Waals surface area contributed by atoms with Crippen LogP contribution in [0.4, 0.5) is 5.69 Å². The molecule has 0 atom stereocenters. The lowest BCUT2D eigenvalue weighted by atomic mass is 9.80. The van der Waals surface area contributed by atoms with Gasteiger partial charge in [0.05, 0.1) is 11.1 Å². The largest absolute Gasteiger partial charge is 0.353 e. The molecule has 7 heteroatoms. The molecule has 4 aliphatic rings. The fraction of sp³-hybridized carbons (Fsp3) is 0.480. The van der Waals surface area contributed by atoms with Crippen LogP contribution in [0.25, 0.3) is 22.3 Å². The second kappa shape index (κ2) is 6.47. The molecular formula is C25H27N5O2. The van der Waals surface area contributed by atoms with Gasteiger partial charge in [0.1, 0.15) is 12.2 Å². The Kier molecular flexibility index (Phi) is 3.73. The second-order valence-corrected chi connectivity index (χ2v) is 10.0. The summed E-state index contributed by atoms with van der Waals surface area (Å²) < 4.78 is 0. The standard InChI is InChI=1S/C25H27N5O2/c31-21(27-15-6-7-15)13-30-20-10-17-16-5-3-4-14-12-26-29-22(14)23(16)28-19(17)11-18(20)25(24(30)32)8-1-2-9-25/h10-12,15,28H,1-9,13H2,(H,26,29)(H,27,31). The van der Waals surface area contributed by atoms with Crippen molar-refractivity contribution in [2.45, 2.75) is 69.2 Å². The number of carbonyl (C=O) groups is 2. The van der Waals surface area contributed by atoms with Crippen LogP contribution < -0.4 is 10.2 Å². The molecule has 0 radical (unpaired) electrons. The van der Waals surface area contributed by atoms with Crippen molar-refractivity contribution in [3.05, 3.63) is 35.0 Å². The van der Waals surface area contributed by atoms with Gasteiger partial charge in [-0.25, -0.2) is 0 Å². The third-order valence-electron chi connectivity index (χ3n) is 8.01. The maximum Gasteiger partial charge on any atom is 0.240 e. The van der Waals surface area contributed by atoms with E-state index in [1.54, 1.807) is 4.90 Å². The molecule has 1 aliphatic heterocycles. The molecule has 32 heavy (non-hydrogen) atoms. The molecule has 0 unspecified atom stereocenters. The van der Waals surface area contributed by atoms with Crippen LogP contribution in [-0.4, -0.2) is 39.6 Å². The van der Waals surface area contributed by atoms with Gasteiger partial charge in [0.25, 0.3) is 0 Å². The monoisotopic (exact) mass is 429 g/mol. The minimum Gasteiger partial charge on any atom is -0.353 e. The normalized spacial score (nSPS) is 21.0. The van der Waals surface area contributed by atoms with Crippen LogP contribution in [0, 0.1) is 0 Å². The molecule has 0 saturated heterocycles. The van der Waals surface area contributed by atoms with Crippen molar-refractivity contribution in [3.8, 4) is 11.4 Å². The van der Waals surface area contributed by atoms with E-state index in [2.05, 4.69) is 32.6 Å². The van der Waals surface area contributed by atoms with Crippen LogP contribution in [0.15, 0.2) is 18.3 Å². The number of anilines is 1. The van der Waals surface area contributed by atoms with Gasteiger partial charge in [-0.05, 0) is 73.8 Å². The number of hydrogen-bond acceptors (Lipinski definition) is 3. The van der Waals surface area contributed by atoms with Crippen molar-refractivity contribution in [3.63, 3.8) is 0 Å². The summed E-state index contributed by atoms with van der Waals surface area (Å²) in [6, 6.07) is 4.67. The fourth-order valence-corrected chi connectivity index (χ4v) is 6.28. The molecule has 2 amide bonds. The molecule has 2 fully saturated rings. The van der Waals surface area contributed by atoms with Crippen molar-refractivity contribution in [1.82, 2.24) is 20.5 Å². The fourth-order valence-electron chi connectivity index (χ4n) is 6.28. The van der Waals surface area contributed by atoms with Crippen molar-refractivity contribution in [1.29, 1.82) is 0 Å². The van der Waals surface area contributed by atoms with E-state index in [9.17, 15) is 9.59 Å². The molecule has 2 saturated carbocycles. The van der Waals surface area contributed by atoms with Gasteiger partial charge >= 0.3 is 0 Å². The molecule has 3 heterocycles. The lowest BCUT2D eigenvalue weighted by Gasteiger charge is -2.23. The predicted molar refractivity (Wildman–Crippen MR) is 122 cm³/mol. The number of hydrogen-bond donors (Lipinski definition) is 3. The smallest absolute Gasteiger partial charge is 0.240 e. The number of fused-ring (bicyclic) bond motifs is 7. The summed E-state index contributed by atoms with van der Waals surface area (Å²) in [5, 5.41) is 11.8. The second-order valence-electron chi connectivity index (χ2n) is 10.0. The molecule has 3 N–H and O–H groups in total. The first-order chi connectivity index (χ1) is 15.6. The zero-order valence-electron chi connectivity index (χ0n) is 18.1. The average molecular weight is 430 g/mol. The number of nitrogens with one attached hydrogen (secondary N) is 3. The Morgan fingerprint density at radius 2 is 2.03 bits per heavy atom. The van der Waals surface area contributed by atoms with Gasteiger partial charge in [-0.3, -0.25) is 14.7 Å². The topological polar surface area (TPSA) is 93.9 Å². The molecule has 3 aromatic rings. The number of amides is 2. The molecule has 0 bridgehead atoms. The number of carbonyl (C=O) groups excluding carboxylic acids is 2. The minimum atomic E-state index is -0.469. The van der Waals surface area contributed by atoms with E-state index in [0.717, 1.165) is 91.3 Å². The zero-order valence-corrected chi connectivity index (χ0v) is 18.1. The third-order valence-corrected chi connectivity index (χ3v) is 8.01. The Morgan fingerprint density at radius 3 is 2.84 bits per heavy atom. The van der Waals surface area contributed by atoms with E-state index >= 15 is 0 Å². The van der Waals surface area contributed by atoms with E-state index in [0.29, 0.717) is 6.04 Å². The number of H-pyrrole nitrogens is 2. The molecule has 7 rings (SSSR count). The first-order valence-electron chi connectivity index (χ1n) is 12.0. The van der Waals surface area contributed by atoms with Gasteiger partial charge in [0.15, 0.2) is 0 Å². The number of aromatic nitrogens is 3. The summed E-state index contributed by atoms with van der Waals surface area (Å²) >= 11 is 0. The molecule has 7 nitrogen and oxygen atoms in total. The Labute approximate surface area is 185 Å². The highest BCUT2D eigenvalue weighted by atomic mass is 16.2. The van der Waals surface area contributed by atoms with Gasteiger partial charge in [0, 0.05) is 28.8 Å². The van der Waals surface area contributed by atoms with Crippen LogP contribution in [0.1, 0.15) is 61.6 Å². The van der Waals surface area contributed by atoms with Crippen LogP contribution in [0.3, 0.4) is 0 Å². The van der Waals surface area contributed by atoms with Crippen LogP contribution in [0.2, 0.25) is 0 Å². The first kappa shape index (κ1) is 18.5. The van der Waals surface area contributed by atoms with Crippen molar-refractivity contribution in [2.75, 3.05) is 11.4 Å². The lowest BCUT2D eigenvalue weighted by molar-refractivity contribution is -0.126. The predicted octanol–water partition coefficient (Wildman–Crippen LogP) is 3.48. The highest BCUT2D eigenvalue weighted by Gasteiger charge is 2.52. The van der Waals surface area contributed by atoms with E-state index in [4.69, 9.17) is 0 Å². The van der Waals surface area contributed by atoms with Crippen LogP contribution >= 0.6 is 0 Å². The van der Waals surface area contributed by atoms with Crippen molar-refractivity contribution >= 4 is 28.4 Å². The Balaban J connectivity index is 1.39. The molecule has 3 aliphatic carbocycles. The van der Waals surface area contributed by atoms with Crippen molar-refractivity contribution < 1.29 is 9.59 Å². The Morgan fingerprint density at radius 1 is 1.19 bits per heavy atom. The van der Waals surface area contributed by atoms with Gasteiger partial charge in [0.2, 0.25) is 11.8 Å². The number of aryl methyl sites for hydroxylation is 2. The highest BCUT2D eigenvalue weighted by Crippen LogP contribution is 2.53. The zero-order chi connectivity index (χ0) is 21.4. The molecule has 1 aromatic carbocycles. The maximum absolute atomic E-state index is 13.7. The van der Waals surface area contributed by atoms with E-state index in [1.165, 1.54) is 11.1 Å². The Bertz CT molecular complexity index is 1270. The molecular weight excluding hydrogens is 402 g/mol. The SMILES string of the molecule is O=C(CN1C(=O)C2(CCCC2)c2cc3[nH]c4c(c3cc21)CCCc1c[nH]nc1-4)NC1CC1. The van der Waals surface area contributed by atoms with Gasteiger partial charge in [-0.2, -0.15) is 5.10 Å². The quantitative estimate of drug-likeness (QED) is 0.595. The average Bonchev–Trinajstić information content (AvgIpc) is 3.14. The summed E-state index contributed by atoms with van der Waals surface area (Å²) in [6.45, 7) is 0.117. The highest BCUT2D eigenvalue weighted by molar-refractivity contribution is 6.13. The molecule has 2 aromatic heterocycles. The van der Waals surface area contributed by atoms with Crippen LogP contribution in [-0.2, 0) is 27.8 Å². The summed E-state index contributed by atoms with van der Waals surface area (Å²) in [5.41, 5.74) is 7.29. The molecule has 164 valence electrons. The Hall–Kier alpha value is -3.09. The first-order valence-corrected chi connectivity index (χ1v) is 12.0. The summed E-state index contributed by atoms with van der Waals surface area (Å²) in [6.07, 6.45) is 11.0. The maximum atomic E-state index is 13.7. The third kappa shape index (κ3) is 2.51. The van der Waals surface area contributed by atoms with Crippen LogP contribution in [0.5, 0.6) is 0 Å². The van der Waals surface area contributed by atoms with E-state index in [-0.39, 0.29) is 18.4 Å². The summed E-state index contributed by atoms with van der Waals surface area (Å²) in [5.74, 6) is 0.0697. The van der Waals surface area contributed by atoms with Gasteiger partial charge in [-0.15, -0.1) is 0 Å². The molecule has 1 spiro atoms. The number of aromatic amines is 2. The van der Waals surface area contributed by atoms with Gasteiger partial charge in [-0.1, -0.05) is 12.8 Å².